The minimum absolute atomic E-state index is 0.134. The molecule has 1 unspecified atom stereocenters. The Bertz CT molecular complexity index is 653. The smallest absolute Gasteiger partial charge is 0.256 e. The minimum atomic E-state index is -0.210. The van der Waals surface area contributed by atoms with E-state index < -0.39 is 0 Å². The van der Waals surface area contributed by atoms with Crippen LogP contribution < -0.4 is 10.9 Å². The van der Waals surface area contributed by atoms with E-state index in [1.54, 1.807) is 19.2 Å². The third-order valence-corrected chi connectivity index (χ3v) is 3.13. The third-order valence-electron chi connectivity index (χ3n) is 2.83. The van der Waals surface area contributed by atoms with E-state index in [4.69, 9.17) is 11.6 Å². The molecule has 0 aliphatic rings. The second kappa shape index (κ2) is 5.40. The van der Waals surface area contributed by atoms with Crippen molar-refractivity contribution in [2.45, 2.75) is 26.8 Å². The van der Waals surface area contributed by atoms with Gasteiger partial charge in [-0.2, -0.15) is 0 Å². The number of aromatic nitrogens is 3. The van der Waals surface area contributed by atoms with Crippen LogP contribution in [-0.4, -0.2) is 15.0 Å². The number of halogens is 1. The van der Waals surface area contributed by atoms with Crippen molar-refractivity contribution in [2.24, 2.45) is 0 Å². The molecule has 6 heteroatoms. The van der Waals surface area contributed by atoms with Crippen LogP contribution in [0.5, 0.6) is 0 Å². The van der Waals surface area contributed by atoms with Crippen LogP contribution in [0.25, 0.3) is 0 Å². The fourth-order valence-electron chi connectivity index (χ4n) is 2.04. The molecule has 0 aromatic carbocycles. The average molecular weight is 279 g/mol. The second-order valence-corrected chi connectivity index (χ2v) is 4.72. The van der Waals surface area contributed by atoms with Crippen molar-refractivity contribution in [2.75, 3.05) is 5.32 Å². The van der Waals surface area contributed by atoms with E-state index in [9.17, 15) is 4.79 Å². The van der Waals surface area contributed by atoms with Crippen LogP contribution >= 0.6 is 11.6 Å². The lowest BCUT2D eigenvalue weighted by atomic mass is 10.1. The molecule has 0 spiro atoms. The molecule has 0 aliphatic carbocycles. The summed E-state index contributed by atoms with van der Waals surface area (Å²) in [6, 6.07) is 3.39. The van der Waals surface area contributed by atoms with Crippen LogP contribution in [0.1, 0.15) is 30.0 Å². The highest BCUT2D eigenvalue weighted by Crippen LogP contribution is 2.23. The predicted molar refractivity (Wildman–Crippen MR) is 75.6 cm³/mol. The molecule has 2 N–H and O–H groups in total. The Hall–Kier alpha value is -1.88. The van der Waals surface area contributed by atoms with E-state index in [1.807, 2.05) is 19.9 Å². The standard InChI is InChI=1S/C13H15ClN4O/c1-7-11(13(19)18-9(3)16-7)8(2)17-10-5-4-6-15-12(10)14/h4-6,8,17H,1-3H3,(H,16,18,19). The molecule has 19 heavy (non-hydrogen) atoms. The molecule has 0 saturated heterocycles. The monoisotopic (exact) mass is 278 g/mol. The van der Waals surface area contributed by atoms with Gasteiger partial charge < -0.3 is 10.3 Å². The van der Waals surface area contributed by atoms with E-state index in [-0.39, 0.29) is 11.6 Å². The number of nitrogens with one attached hydrogen (secondary N) is 2. The number of hydrogen-bond acceptors (Lipinski definition) is 4. The van der Waals surface area contributed by atoms with Crippen LogP contribution in [-0.2, 0) is 0 Å². The topological polar surface area (TPSA) is 70.7 Å². The van der Waals surface area contributed by atoms with Crippen molar-refractivity contribution in [3.8, 4) is 0 Å². The van der Waals surface area contributed by atoms with E-state index in [0.29, 0.717) is 27.9 Å². The summed E-state index contributed by atoms with van der Waals surface area (Å²) in [5, 5.41) is 3.55. The lowest BCUT2D eigenvalue weighted by Crippen LogP contribution is -2.23. The van der Waals surface area contributed by atoms with Crippen LogP contribution in [0, 0.1) is 13.8 Å². The zero-order chi connectivity index (χ0) is 14.0. The Morgan fingerprint density at radius 1 is 1.42 bits per heavy atom. The molecule has 2 aromatic heterocycles. The van der Waals surface area contributed by atoms with E-state index >= 15 is 0 Å². The Balaban J connectivity index is 2.33. The molecule has 0 aliphatic heterocycles. The normalized spacial score (nSPS) is 12.2. The molecule has 2 aromatic rings. The first-order chi connectivity index (χ1) is 8.99. The molecular formula is C13H15ClN4O. The fraction of sp³-hybridized carbons (Fsp3) is 0.308. The Morgan fingerprint density at radius 3 is 2.79 bits per heavy atom. The molecule has 0 bridgehead atoms. The average Bonchev–Trinajstić information content (AvgIpc) is 2.30. The number of hydrogen-bond donors (Lipinski definition) is 2. The predicted octanol–water partition coefficient (Wildman–Crippen LogP) is 2.61. The Labute approximate surface area is 116 Å². The first-order valence-electron chi connectivity index (χ1n) is 5.93. The quantitative estimate of drug-likeness (QED) is 0.847. The fourth-order valence-corrected chi connectivity index (χ4v) is 2.22. The molecular weight excluding hydrogens is 264 g/mol. The number of pyridine rings is 1. The Kier molecular flexibility index (Phi) is 3.85. The van der Waals surface area contributed by atoms with Gasteiger partial charge in [-0.3, -0.25) is 4.79 Å². The maximum atomic E-state index is 12.0. The molecule has 5 nitrogen and oxygen atoms in total. The van der Waals surface area contributed by atoms with Crippen LogP contribution in [0.3, 0.4) is 0 Å². The van der Waals surface area contributed by atoms with E-state index in [2.05, 4.69) is 20.3 Å². The van der Waals surface area contributed by atoms with Gasteiger partial charge in [-0.25, -0.2) is 9.97 Å². The third kappa shape index (κ3) is 2.93. The van der Waals surface area contributed by atoms with Crippen molar-refractivity contribution in [3.63, 3.8) is 0 Å². The molecule has 0 fully saturated rings. The van der Waals surface area contributed by atoms with Gasteiger partial charge in [-0.15, -0.1) is 0 Å². The number of anilines is 1. The summed E-state index contributed by atoms with van der Waals surface area (Å²) in [6.07, 6.45) is 1.61. The summed E-state index contributed by atoms with van der Waals surface area (Å²) in [5.74, 6) is 0.609. The first kappa shape index (κ1) is 13.5. The number of H-pyrrole nitrogens is 1. The highest BCUT2D eigenvalue weighted by atomic mass is 35.5. The van der Waals surface area contributed by atoms with Gasteiger partial charge in [0.05, 0.1) is 23.0 Å². The summed E-state index contributed by atoms with van der Waals surface area (Å²) in [5.41, 5.74) is 1.87. The van der Waals surface area contributed by atoms with Crippen molar-refractivity contribution in [1.82, 2.24) is 15.0 Å². The zero-order valence-corrected chi connectivity index (χ0v) is 11.7. The lowest BCUT2D eigenvalue weighted by molar-refractivity contribution is 0.813. The molecule has 2 heterocycles. The number of nitrogens with zero attached hydrogens (tertiary/aromatic N) is 2. The maximum Gasteiger partial charge on any atom is 0.256 e. The molecule has 0 amide bonds. The van der Waals surface area contributed by atoms with E-state index in [0.717, 1.165) is 0 Å². The van der Waals surface area contributed by atoms with Crippen molar-refractivity contribution < 1.29 is 0 Å². The largest absolute Gasteiger partial charge is 0.376 e. The van der Waals surface area contributed by atoms with Crippen molar-refractivity contribution in [3.05, 3.63) is 50.9 Å². The molecule has 100 valence electrons. The highest BCUT2D eigenvalue weighted by Gasteiger charge is 2.15. The van der Waals surface area contributed by atoms with Crippen LogP contribution in [0.4, 0.5) is 5.69 Å². The van der Waals surface area contributed by atoms with Gasteiger partial charge in [0, 0.05) is 6.20 Å². The van der Waals surface area contributed by atoms with Gasteiger partial charge in [0.2, 0.25) is 0 Å². The highest BCUT2D eigenvalue weighted by molar-refractivity contribution is 6.31. The van der Waals surface area contributed by atoms with E-state index in [1.165, 1.54) is 0 Å². The van der Waals surface area contributed by atoms with Crippen LogP contribution in [0.2, 0.25) is 5.15 Å². The Morgan fingerprint density at radius 2 is 2.16 bits per heavy atom. The first-order valence-corrected chi connectivity index (χ1v) is 6.31. The van der Waals surface area contributed by atoms with Gasteiger partial charge >= 0.3 is 0 Å². The number of aryl methyl sites for hydroxylation is 2. The van der Waals surface area contributed by atoms with Gasteiger partial charge in [-0.05, 0) is 32.9 Å². The summed E-state index contributed by atoms with van der Waals surface area (Å²) in [4.78, 5) is 23.0. The number of aromatic amines is 1. The lowest BCUT2D eigenvalue weighted by Gasteiger charge is -2.17. The van der Waals surface area contributed by atoms with Crippen molar-refractivity contribution in [1.29, 1.82) is 0 Å². The minimum Gasteiger partial charge on any atom is -0.376 e. The zero-order valence-electron chi connectivity index (χ0n) is 11.0. The molecule has 1 atom stereocenters. The van der Waals surface area contributed by atoms with Crippen LogP contribution in [0.15, 0.2) is 23.1 Å². The molecule has 0 saturated carbocycles. The second-order valence-electron chi connectivity index (χ2n) is 4.36. The molecule has 2 rings (SSSR count). The SMILES string of the molecule is Cc1nc(C)c(C(C)Nc2cccnc2Cl)c(=O)[nH]1. The van der Waals surface area contributed by atoms with Gasteiger partial charge in [-0.1, -0.05) is 11.6 Å². The summed E-state index contributed by atoms with van der Waals surface area (Å²) in [6.45, 7) is 5.47. The van der Waals surface area contributed by atoms with Gasteiger partial charge in [0.25, 0.3) is 5.56 Å². The summed E-state index contributed by atoms with van der Waals surface area (Å²) >= 11 is 5.99. The maximum absolute atomic E-state index is 12.0. The molecule has 0 radical (unpaired) electrons. The van der Waals surface area contributed by atoms with Crippen molar-refractivity contribution >= 4 is 17.3 Å². The van der Waals surface area contributed by atoms with Gasteiger partial charge in [0.15, 0.2) is 5.15 Å². The summed E-state index contributed by atoms with van der Waals surface area (Å²) in [7, 11) is 0. The summed E-state index contributed by atoms with van der Waals surface area (Å²) < 4.78 is 0. The number of rotatable bonds is 3. The van der Waals surface area contributed by atoms with Gasteiger partial charge in [0.1, 0.15) is 5.82 Å².